The van der Waals surface area contributed by atoms with E-state index in [2.05, 4.69) is 79.1 Å². The number of benzene rings is 1. The topological polar surface area (TPSA) is 15.3 Å². The van der Waals surface area contributed by atoms with E-state index >= 15 is 0 Å². The van der Waals surface area contributed by atoms with Crippen molar-refractivity contribution in [3.8, 4) is 0 Å². The highest BCUT2D eigenvalue weighted by Crippen LogP contribution is 2.19. The van der Waals surface area contributed by atoms with Gasteiger partial charge in [0.05, 0.1) is 0 Å². The first kappa shape index (κ1) is 15.7. The lowest BCUT2D eigenvalue weighted by Gasteiger charge is -2.24. The average Bonchev–Trinajstić information content (AvgIpc) is 2.21. The molecule has 3 heteroatoms. The number of nitrogens with one attached hydrogen (secondary N) is 1. The molecule has 0 aliphatic carbocycles. The maximum Gasteiger partial charge on any atom is 0.0242 e. The van der Waals surface area contributed by atoms with E-state index in [1.807, 2.05) is 0 Å². The number of likely N-dealkylation sites (N-methyl/N-ethyl adjacent to an activating group) is 1. The van der Waals surface area contributed by atoms with Gasteiger partial charge in [-0.2, -0.15) is 0 Å². The molecule has 0 atom stereocenters. The summed E-state index contributed by atoms with van der Waals surface area (Å²) < 4.78 is 1.20. The van der Waals surface area contributed by atoms with Crippen LogP contribution in [0.1, 0.15) is 31.9 Å². The van der Waals surface area contributed by atoms with Gasteiger partial charge in [-0.05, 0) is 46.4 Å². The van der Waals surface area contributed by atoms with Crippen LogP contribution in [0.15, 0.2) is 22.7 Å². The Balaban J connectivity index is 2.44. The highest BCUT2D eigenvalue weighted by atomic mass is 79.9. The van der Waals surface area contributed by atoms with Crippen LogP contribution in [0.4, 0.5) is 0 Å². The van der Waals surface area contributed by atoms with Crippen LogP contribution in [0.3, 0.4) is 0 Å². The molecule has 0 aliphatic rings. The van der Waals surface area contributed by atoms with Crippen LogP contribution in [0.25, 0.3) is 0 Å². The third-order valence-electron chi connectivity index (χ3n) is 2.79. The standard InChI is InChI=1S/C15H25BrN2/c1-12-6-7-14(16)13(10-12)11-18(5)9-8-17-15(2,3)4/h6-7,10,17H,8-9,11H2,1-5H3. The van der Waals surface area contributed by atoms with E-state index in [0.717, 1.165) is 19.6 Å². The summed E-state index contributed by atoms with van der Waals surface area (Å²) in [7, 11) is 2.17. The minimum Gasteiger partial charge on any atom is -0.311 e. The van der Waals surface area contributed by atoms with E-state index < -0.39 is 0 Å². The minimum absolute atomic E-state index is 0.199. The summed E-state index contributed by atoms with van der Waals surface area (Å²) in [6, 6.07) is 6.51. The first-order chi connectivity index (χ1) is 8.28. The molecule has 0 aromatic heterocycles. The summed E-state index contributed by atoms with van der Waals surface area (Å²) in [6.07, 6.45) is 0. The van der Waals surface area contributed by atoms with Gasteiger partial charge < -0.3 is 10.2 Å². The van der Waals surface area contributed by atoms with Crippen LogP contribution in [0.5, 0.6) is 0 Å². The average molecular weight is 313 g/mol. The monoisotopic (exact) mass is 312 g/mol. The van der Waals surface area contributed by atoms with Gasteiger partial charge in [0.1, 0.15) is 0 Å². The summed E-state index contributed by atoms with van der Waals surface area (Å²) in [4.78, 5) is 2.35. The van der Waals surface area contributed by atoms with Crippen molar-refractivity contribution in [1.29, 1.82) is 0 Å². The van der Waals surface area contributed by atoms with E-state index in [0.29, 0.717) is 0 Å². The van der Waals surface area contributed by atoms with Crippen molar-refractivity contribution in [3.05, 3.63) is 33.8 Å². The molecule has 1 aromatic carbocycles. The van der Waals surface area contributed by atoms with Crippen molar-refractivity contribution in [1.82, 2.24) is 10.2 Å². The Morgan fingerprint density at radius 3 is 2.56 bits per heavy atom. The molecule has 0 fully saturated rings. The van der Waals surface area contributed by atoms with Crippen LogP contribution >= 0.6 is 15.9 Å². The number of nitrogens with zero attached hydrogens (tertiary/aromatic N) is 1. The number of halogens is 1. The van der Waals surface area contributed by atoms with E-state index in [-0.39, 0.29) is 5.54 Å². The maximum absolute atomic E-state index is 3.62. The number of rotatable bonds is 5. The lowest BCUT2D eigenvalue weighted by atomic mass is 10.1. The predicted octanol–water partition coefficient (Wildman–Crippen LogP) is 3.58. The number of hydrogen-bond donors (Lipinski definition) is 1. The Labute approximate surface area is 120 Å². The summed E-state index contributed by atoms with van der Waals surface area (Å²) in [5.74, 6) is 0. The highest BCUT2D eigenvalue weighted by molar-refractivity contribution is 9.10. The zero-order valence-corrected chi connectivity index (χ0v) is 13.8. The van der Waals surface area contributed by atoms with Gasteiger partial charge in [0.2, 0.25) is 0 Å². The fraction of sp³-hybridized carbons (Fsp3) is 0.600. The summed E-state index contributed by atoms with van der Waals surface area (Å²) >= 11 is 3.62. The van der Waals surface area contributed by atoms with Crippen molar-refractivity contribution in [2.75, 3.05) is 20.1 Å². The molecule has 1 rings (SSSR count). The van der Waals surface area contributed by atoms with Crippen LogP contribution in [-0.2, 0) is 6.54 Å². The van der Waals surface area contributed by atoms with Gasteiger partial charge in [0, 0.05) is 29.6 Å². The first-order valence-electron chi connectivity index (χ1n) is 6.46. The van der Waals surface area contributed by atoms with Crippen molar-refractivity contribution in [3.63, 3.8) is 0 Å². The molecule has 0 heterocycles. The van der Waals surface area contributed by atoms with Crippen LogP contribution in [-0.4, -0.2) is 30.6 Å². The molecule has 2 nitrogen and oxygen atoms in total. The van der Waals surface area contributed by atoms with Crippen LogP contribution in [0, 0.1) is 6.92 Å². The normalized spacial score (nSPS) is 12.2. The Hall–Kier alpha value is -0.380. The Morgan fingerprint density at radius 1 is 1.28 bits per heavy atom. The third kappa shape index (κ3) is 5.98. The van der Waals surface area contributed by atoms with Crippen molar-refractivity contribution >= 4 is 15.9 Å². The van der Waals surface area contributed by atoms with Crippen molar-refractivity contribution in [2.45, 2.75) is 39.8 Å². The summed E-state index contributed by atoms with van der Waals surface area (Å²) in [6.45, 7) is 11.8. The summed E-state index contributed by atoms with van der Waals surface area (Å²) in [5.41, 5.74) is 2.87. The summed E-state index contributed by atoms with van der Waals surface area (Å²) in [5, 5.41) is 3.51. The molecule has 0 bridgehead atoms. The zero-order chi connectivity index (χ0) is 13.8. The van der Waals surface area contributed by atoms with E-state index in [1.54, 1.807) is 0 Å². The van der Waals surface area contributed by atoms with Gasteiger partial charge in [-0.15, -0.1) is 0 Å². The quantitative estimate of drug-likeness (QED) is 0.894. The molecule has 1 aromatic rings. The van der Waals surface area contributed by atoms with E-state index in [9.17, 15) is 0 Å². The Bertz CT molecular complexity index is 383. The Kier molecular flexibility index (Phi) is 5.83. The van der Waals surface area contributed by atoms with Crippen molar-refractivity contribution < 1.29 is 0 Å². The molecule has 0 saturated heterocycles. The van der Waals surface area contributed by atoms with Crippen molar-refractivity contribution in [2.24, 2.45) is 0 Å². The highest BCUT2D eigenvalue weighted by Gasteiger charge is 2.09. The molecule has 0 amide bonds. The van der Waals surface area contributed by atoms with Gasteiger partial charge in [-0.3, -0.25) is 0 Å². The second-order valence-corrected chi connectivity index (χ2v) is 6.86. The first-order valence-corrected chi connectivity index (χ1v) is 7.26. The Morgan fingerprint density at radius 2 is 1.94 bits per heavy atom. The predicted molar refractivity (Wildman–Crippen MR) is 83.0 cm³/mol. The van der Waals surface area contributed by atoms with Gasteiger partial charge in [0.15, 0.2) is 0 Å². The van der Waals surface area contributed by atoms with Crippen LogP contribution in [0.2, 0.25) is 0 Å². The molecule has 0 radical (unpaired) electrons. The van der Waals surface area contributed by atoms with Crippen LogP contribution < -0.4 is 5.32 Å². The molecule has 0 spiro atoms. The van der Waals surface area contributed by atoms with Gasteiger partial charge >= 0.3 is 0 Å². The second kappa shape index (κ2) is 6.69. The molecule has 102 valence electrons. The number of hydrogen-bond acceptors (Lipinski definition) is 2. The zero-order valence-electron chi connectivity index (χ0n) is 12.2. The smallest absolute Gasteiger partial charge is 0.0242 e. The lowest BCUT2D eigenvalue weighted by Crippen LogP contribution is -2.40. The van der Waals surface area contributed by atoms with Gasteiger partial charge in [-0.25, -0.2) is 0 Å². The molecular weight excluding hydrogens is 288 g/mol. The molecule has 0 aliphatic heterocycles. The lowest BCUT2D eigenvalue weighted by molar-refractivity contribution is 0.303. The maximum atomic E-state index is 3.62. The number of aryl methyl sites for hydroxylation is 1. The fourth-order valence-corrected chi connectivity index (χ4v) is 2.19. The molecule has 0 saturated carbocycles. The van der Waals surface area contributed by atoms with E-state index in [4.69, 9.17) is 0 Å². The molecular formula is C15H25BrN2. The van der Waals surface area contributed by atoms with Gasteiger partial charge in [0.25, 0.3) is 0 Å². The minimum atomic E-state index is 0.199. The SMILES string of the molecule is Cc1ccc(Br)c(CN(C)CCNC(C)(C)C)c1. The molecule has 0 unspecified atom stereocenters. The second-order valence-electron chi connectivity index (χ2n) is 6.01. The molecule has 18 heavy (non-hydrogen) atoms. The largest absolute Gasteiger partial charge is 0.311 e. The third-order valence-corrected chi connectivity index (χ3v) is 3.56. The van der Waals surface area contributed by atoms with E-state index in [1.165, 1.54) is 15.6 Å². The van der Waals surface area contributed by atoms with Gasteiger partial charge in [-0.1, -0.05) is 33.6 Å². The molecule has 1 N–H and O–H groups in total. The fourth-order valence-electron chi connectivity index (χ4n) is 1.82.